The average molecular weight is 429 g/mol. The number of nitriles is 1. The minimum absolute atomic E-state index is 0.113. The predicted octanol–water partition coefficient (Wildman–Crippen LogP) is 3.90. The van der Waals surface area contributed by atoms with Crippen molar-refractivity contribution in [1.29, 1.82) is 5.26 Å². The van der Waals surface area contributed by atoms with Crippen molar-refractivity contribution in [2.45, 2.75) is 16.7 Å². The van der Waals surface area contributed by atoms with Crippen molar-refractivity contribution < 1.29 is 17.9 Å². The molecule has 0 radical (unpaired) electrons. The van der Waals surface area contributed by atoms with Gasteiger partial charge in [-0.15, -0.1) is 11.3 Å². The van der Waals surface area contributed by atoms with Gasteiger partial charge in [0, 0.05) is 0 Å². The normalized spacial score (nSPS) is 12.2. The summed E-state index contributed by atoms with van der Waals surface area (Å²) in [4.78, 5) is 0.349. The summed E-state index contributed by atoms with van der Waals surface area (Å²) in [5, 5.41) is 8.99. The molecule has 0 bridgehead atoms. The molecule has 0 aliphatic carbocycles. The molecule has 0 saturated carbocycles. The molecular weight excluding hydrogens is 408 g/mol. The van der Waals surface area contributed by atoms with Gasteiger partial charge in [-0.2, -0.15) is 5.26 Å². The molecule has 1 aromatic heterocycles. The van der Waals surface area contributed by atoms with Gasteiger partial charge in [-0.3, -0.25) is 0 Å². The molecule has 8 heteroatoms. The number of ether oxygens (including phenoxy) is 2. The van der Waals surface area contributed by atoms with Crippen LogP contribution in [0.25, 0.3) is 0 Å². The van der Waals surface area contributed by atoms with Gasteiger partial charge in [-0.05, 0) is 53.9 Å². The molecule has 3 rings (SSSR count). The molecule has 1 heterocycles. The Labute approximate surface area is 174 Å². The molecule has 1 unspecified atom stereocenters. The highest BCUT2D eigenvalue weighted by Crippen LogP contribution is 2.27. The van der Waals surface area contributed by atoms with Gasteiger partial charge < -0.3 is 9.47 Å². The summed E-state index contributed by atoms with van der Waals surface area (Å²) in [5.74, 6) is 1.43. The largest absolute Gasteiger partial charge is 0.497 e. The number of methoxy groups -OCH3 is 2. The van der Waals surface area contributed by atoms with Crippen molar-refractivity contribution in [1.82, 2.24) is 4.72 Å². The van der Waals surface area contributed by atoms with Gasteiger partial charge in [-0.25, -0.2) is 13.1 Å². The van der Waals surface area contributed by atoms with Crippen LogP contribution in [0.5, 0.6) is 11.5 Å². The molecule has 0 saturated heterocycles. The number of nitrogens with zero attached hydrogens (tertiary/aromatic N) is 1. The van der Waals surface area contributed by atoms with Crippen molar-refractivity contribution in [3.63, 3.8) is 0 Å². The molecule has 2 aromatic carbocycles. The van der Waals surface area contributed by atoms with Gasteiger partial charge in [0.05, 0.1) is 20.3 Å². The Morgan fingerprint density at radius 2 is 1.55 bits per heavy atom. The van der Waals surface area contributed by atoms with Gasteiger partial charge in [0.15, 0.2) is 0 Å². The maximum absolute atomic E-state index is 12.9. The number of hydrogen-bond acceptors (Lipinski definition) is 6. The van der Waals surface area contributed by atoms with E-state index in [0.717, 1.165) is 28.2 Å². The summed E-state index contributed by atoms with van der Waals surface area (Å²) in [6.45, 7) is 0. The Kier molecular flexibility index (Phi) is 6.54. The van der Waals surface area contributed by atoms with E-state index in [1.807, 2.05) is 42.5 Å². The minimum atomic E-state index is -3.78. The summed E-state index contributed by atoms with van der Waals surface area (Å²) in [6, 6.07) is 19.2. The van der Waals surface area contributed by atoms with E-state index in [4.69, 9.17) is 14.7 Å². The third kappa shape index (κ3) is 5.15. The van der Waals surface area contributed by atoms with Gasteiger partial charge in [-0.1, -0.05) is 24.3 Å². The van der Waals surface area contributed by atoms with Crippen LogP contribution >= 0.6 is 11.3 Å². The van der Waals surface area contributed by atoms with Crippen LogP contribution in [-0.2, 0) is 16.4 Å². The van der Waals surface area contributed by atoms with Crippen molar-refractivity contribution in [3.8, 4) is 17.6 Å². The molecule has 0 aliphatic heterocycles. The zero-order chi connectivity index (χ0) is 20.9. The lowest BCUT2D eigenvalue weighted by atomic mass is 9.99. The highest BCUT2D eigenvalue weighted by molar-refractivity contribution is 7.91. The van der Waals surface area contributed by atoms with E-state index in [1.54, 1.807) is 26.4 Å². The van der Waals surface area contributed by atoms with E-state index >= 15 is 0 Å². The maximum atomic E-state index is 12.9. The van der Waals surface area contributed by atoms with Crippen LogP contribution in [0.15, 0.2) is 64.9 Å². The number of nitrogens with one attached hydrogen (secondary N) is 1. The summed E-state index contributed by atoms with van der Waals surface area (Å²) in [7, 11) is -0.608. The molecule has 150 valence electrons. The first-order valence-corrected chi connectivity index (χ1v) is 11.0. The van der Waals surface area contributed by atoms with Crippen molar-refractivity contribution in [2.75, 3.05) is 14.2 Å². The lowest BCUT2D eigenvalue weighted by Gasteiger charge is -2.19. The molecule has 1 atom stereocenters. The maximum Gasteiger partial charge on any atom is 0.250 e. The lowest BCUT2D eigenvalue weighted by Crippen LogP contribution is -2.29. The third-order valence-corrected chi connectivity index (χ3v) is 7.32. The van der Waals surface area contributed by atoms with Gasteiger partial charge in [0.2, 0.25) is 0 Å². The fraction of sp³-hybridized carbons (Fsp3) is 0.190. The van der Waals surface area contributed by atoms with Gasteiger partial charge >= 0.3 is 0 Å². The van der Waals surface area contributed by atoms with E-state index in [2.05, 4.69) is 4.72 Å². The highest BCUT2D eigenvalue weighted by Gasteiger charge is 2.23. The molecule has 29 heavy (non-hydrogen) atoms. The van der Waals surface area contributed by atoms with Crippen LogP contribution in [-0.4, -0.2) is 22.6 Å². The molecule has 0 fully saturated rings. The number of thiophene rings is 1. The molecule has 3 aromatic rings. The van der Waals surface area contributed by atoms with E-state index in [0.29, 0.717) is 17.0 Å². The smallest absolute Gasteiger partial charge is 0.250 e. The fourth-order valence-corrected chi connectivity index (χ4v) is 5.18. The Hall–Kier alpha value is -2.86. The predicted molar refractivity (Wildman–Crippen MR) is 112 cm³/mol. The molecule has 0 aliphatic rings. The quantitative estimate of drug-likeness (QED) is 0.588. The minimum Gasteiger partial charge on any atom is -0.497 e. The fourth-order valence-electron chi connectivity index (χ4n) is 2.83. The second-order valence-corrected chi connectivity index (χ2v) is 9.25. The monoisotopic (exact) mass is 428 g/mol. The molecular formula is C21H20N2O4S2. The molecule has 6 nitrogen and oxygen atoms in total. The Morgan fingerprint density at radius 1 is 0.966 bits per heavy atom. The summed E-state index contributed by atoms with van der Waals surface area (Å²) in [6.07, 6.45) is 0.450. The number of rotatable bonds is 8. The third-order valence-electron chi connectivity index (χ3n) is 4.37. The van der Waals surface area contributed by atoms with Crippen molar-refractivity contribution >= 4 is 21.4 Å². The molecule has 0 amide bonds. The first-order valence-electron chi connectivity index (χ1n) is 8.74. The first-order chi connectivity index (χ1) is 13.9. The average Bonchev–Trinajstić information content (AvgIpc) is 3.24. The number of sulfonamides is 1. The SMILES string of the molecule is COc1ccc(CC(NS(=O)(=O)c2ccc(C#N)s2)c2ccc(OC)cc2)cc1. The highest BCUT2D eigenvalue weighted by atomic mass is 32.2. The van der Waals surface area contributed by atoms with Crippen molar-refractivity contribution in [2.24, 2.45) is 0 Å². The zero-order valence-electron chi connectivity index (χ0n) is 16.0. The van der Waals surface area contributed by atoms with Crippen LogP contribution in [0.4, 0.5) is 0 Å². The first kappa shape index (κ1) is 20.9. The molecule has 0 spiro atoms. The van der Waals surface area contributed by atoms with Crippen LogP contribution in [0.3, 0.4) is 0 Å². The Balaban J connectivity index is 1.91. The second-order valence-electron chi connectivity index (χ2n) is 6.23. The number of hydrogen-bond donors (Lipinski definition) is 1. The lowest BCUT2D eigenvalue weighted by molar-refractivity contribution is 0.414. The Morgan fingerprint density at radius 3 is 2.07 bits per heavy atom. The van der Waals surface area contributed by atoms with Crippen LogP contribution < -0.4 is 14.2 Å². The van der Waals surface area contributed by atoms with E-state index in [-0.39, 0.29) is 4.21 Å². The van der Waals surface area contributed by atoms with E-state index in [1.165, 1.54) is 12.1 Å². The second kappa shape index (κ2) is 9.09. The van der Waals surface area contributed by atoms with Crippen LogP contribution in [0.2, 0.25) is 0 Å². The van der Waals surface area contributed by atoms with E-state index < -0.39 is 16.1 Å². The topological polar surface area (TPSA) is 88.4 Å². The Bertz CT molecular complexity index is 1100. The van der Waals surface area contributed by atoms with Gasteiger partial charge in [0.25, 0.3) is 10.0 Å². The van der Waals surface area contributed by atoms with Gasteiger partial charge in [0.1, 0.15) is 26.7 Å². The zero-order valence-corrected chi connectivity index (χ0v) is 17.6. The summed E-state index contributed by atoms with van der Waals surface area (Å²) in [5.41, 5.74) is 1.76. The summed E-state index contributed by atoms with van der Waals surface area (Å²) >= 11 is 0.946. The molecule has 1 N–H and O–H groups in total. The van der Waals surface area contributed by atoms with Crippen molar-refractivity contribution in [3.05, 3.63) is 76.7 Å². The van der Waals surface area contributed by atoms with Crippen LogP contribution in [0, 0.1) is 11.3 Å². The summed E-state index contributed by atoms with van der Waals surface area (Å²) < 4.78 is 39.1. The standard InChI is InChI=1S/C21H20N2O4S2/c1-26-17-7-3-15(4-8-17)13-20(16-5-9-18(27-2)10-6-16)23-29(24,25)21-12-11-19(14-22)28-21/h3-12,20,23H,13H2,1-2H3. The van der Waals surface area contributed by atoms with E-state index in [9.17, 15) is 8.42 Å². The number of benzene rings is 2. The van der Waals surface area contributed by atoms with Crippen LogP contribution in [0.1, 0.15) is 22.0 Å².